The van der Waals surface area contributed by atoms with Gasteiger partial charge in [-0.05, 0) is 46.8 Å². The first-order valence-electron chi connectivity index (χ1n) is 6.72. The summed E-state index contributed by atoms with van der Waals surface area (Å²) in [5, 5.41) is 3.13. The third-order valence-electron chi connectivity index (χ3n) is 4.15. The maximum atomic E-state index is 12.4. The van der Waals surface area contributed by atoms with Gasteiger partial charge in [0, 0.05) is 17.2 Å². The monoisotopic (exact) mass is 325 g/mol. The summed E-state index contributed by atoms with van der Waals surface area (Å²) in [5.41, 5.74) is 6.08. The zero-order valence-electron chi connectivity index (χ0n) is 11.2. The molecule has 0 radical (unpaired) electrons. The van der Waals surface area contributed by atoms with Gasteiger partial charge in [0.15, 0.2) is 0 Å². The molecule has 2 rings (SSSR count). The number of hydrogen-bond acceptors (Lipinski definition) is 3. The molecule has 1 heterocycles. The van der Waals surface area contributed by atoms with Crippen LogP contribution < -0.4 is 11.1 Å². The molecule has 1 fully saturated rings. The molecular formula is C14H20BrN3O. The van der Waals surface area contributed by atoms with Crippen molar-refractivity contribution in [2.45, 2.75) is 38.1 Å². The van der Waals surface area contributed by atoms with Gasteiger partial charge >= 0.3 is 0 Å². The average Bonchev–Trinajstić information content (AvgIpc) is 2.42. The number of nitrogens with zero attached hydrogens (tertiary/aromatic N) is 1. The van der Waals surface area contributed by atoms with Crippen LogP contribution in [0.4, 0.5) is 0 Å². The normalized spacial score (nSPS) is 27.0. The summed E-state index contributed by atoms with van der Waals surface area (Å²) in [7, 11) is 0. The van der Waals surface area contributed by atoms with Gasteiger partial charge in [-0.2, -0.15) is 0 Å². The minimum atomic E-state index is -0.285. The summed E-state index contributed by atoms with van der Waals surface area (Å²) in [4.78, 5) is 16.5. The molecule has 1 aromatic heterocycles. The lowest BCUT2D eigenvalue weighted by atomic mass is 9.73. The Labute approximate surface area is 122 Å². The summed E-state index contributed by atoms with van der Waals surface area (Å²) < 4.78 is 0.711. The smallest absolute Gasteiger partial charge is 0.271 e. The van der Waals surface area contributed by atoms with Crippen molar-refractivity contribution in [1.29, 1.82) is 0 Å². The summed E-state index contributed by atoms with van der Waals surface area (Å²) >= 11 is 3.36. The van der Waals surface area contributed by atoms with E-state index in [9.17, 15) is 4.79 Å². The maximum Gasteiger partial charge on any atom is 0.271 e. The van der Waals surface area contributed by atoms with Crippen LogP contribution in [0.25, 0.3) is 0 Å². The number of amides is 1. The molecule has 2 atom stereocenters. The van der Waals surface area contributed by atoms with Gasteiger partial charge in [0.05, 0.1) is 5.54 Å². The van der Waals surface area contributed by atoms with Crippen molar-refractivity contribution in [3.05, 3.63) is 28.5 Å². The zero-order valence-corrected chi connectivity index (χ0v) is 12.7. The Balaban J connectivity index is 2.19. The maximum absolute atomic E-state index is 12.4. The van der Waals surface area contributed by atoms with E-state index < -0.39 is 0 Å². The fourth-order valence-electron chi connectivity index (χ4n) is 2.79. The number of aromatic nitrogens is 1. The van der Waals surface area contributed by atoms with Crippen molar-refractivity contribution >= 4 is 21.8 Å². The molecule has 5 heteroatoms. The van der Waals surface area contributed by atoms with Crippen LogP contribution in [0.1, 0.15) is 43.1 Å². The van der Waals surface area contributed by atoms with E-state index in [2.05, 4.69) is 33.2 Å². The van der Waals surface area contributed by atoms with Crippen LogP contribution in [0.5, 0.6) is 0 Å². The van der Waals surface area contributed by atoms with Crippen LogP contribution in [0, 0.1) is 5.92 Å². The Bertz CT molecular complexity index is 466. The summed E-state index contributed by atoms with van der Waals surface area (Å²) in [6.07, 6.45) is 6.01. The third kappa shape index (κ3) is 2.98. The van der Waals surface area contributed by atoms with E-state index in [1.807, 2.05) is 6.07 Å². The van der Waals surface area contributed by atoms with Crippen molar-refractivity contribution in [1.82, 2.24) is 10.3 Å². The third-order valence-corrected chi connectivity index (χ3v) is 4.79. The summed E-state index contributed by atoms with van der Waals surface area (Å²) in [6, 6.07) is 3.62. The Morgan fingerprint density at radius 2 is 2.42 bits per heavy atom. The van der Waals surface area contributed by atoms with E-state index in [-0.39, 0.29) is 11.4 Å². The summed E-state index contributed by atoms with van der Waals surface area (Å²) in [5.74, 6) is 0.254. The van der Waals surface area contributed by atoms with E-state index in [0.29, 0.717) is 22.6 Å². The van der Waals surface area contributed by atoms with Crippen LogP contribution in [0.15, 0.2) is 22.8 Å². The topological polar surface area (TPSA) is 68.0 Å². The molecule has 1 aromatic rings. The van der Waals surface area contributed by atoms with Gasteiger partial charge < -0.3 is 11.1 Å². The van der Waals surface area contributed by atoms with Crippen molar-refractivity contribution in [2.24, 2.45) is 11.7 Å². The van der Waals surface area contributed by atoms with Crippen LogP contribution in [-0.2, 0) is 0 Å². The Hall–Kier alpha value is -0.940. The Morgan fingerprint density at radius 3 is 3.05 bits per heavy atom. The van der Waals surface area contributed by atoms with Gasteiger partial charge in [0.1, 0.15) is 5.69 Å². The fraction of sp³-hybridized carbons (Fsp3) is 0.571. The molecular weight excluding hydrogens is 306 g/mol. The van der Waals surface area contributed by atoms with E-state index in [4.69, 9.17) is 5.73 Å². The Morgan fingerprint density at radius 1 is 1.63 bits per heavy atom. The second-order valence-corrected chi connectivity index (χ2v) is 6.15. The Kier molecular flexibility index (Phi) is 4.58. The van der Waals surface area contributed by atoms with Crippen molar-refractivity contribution < 1.29 is 4.79 Å². The van der Waals surface area contributed by atoms with Crippen molar-refractivity contribution in [3.63, 3.8) is 0 Å². The molecule has 0 aliphatic heterocycles. The first-order valence-corrected chi connectivity index (χ1v) is 7.51. The highest BCUT2D eigenvalue weighted by Crippen LogP contribution is 2.33. The fourth-order valence-corrected chi connectivity index (χ4v) is 3.23. The number of nitrogens with one attached hydrogen (secondary N) is 1. The number of rotatable bonds is 3. The van der Waals surface area contributed by atoms with Crippen LogP contribution in [0.2, 0.25) is 0 Å². The molecule has 0 bridgehead atoms. The molecule has 3 N–H and O–H groups in total. The lowest BCUT2D eigenvalue weighted by Crippen LogP contribution is -2.59. The van der Waals surface area contributed by atoms with Gasteiger partial charge in [0.25, 0.3) is 5.91 Å². The second kappa shape index (κ2) is 6.01. The molecule has 1 aliphatic carbocycles. The van der Waals surface area contributed by atoms with Crippen LogP contribution in [0.3, 0.4) is 0 Å². The average molecular weight is 326 g/mol. The molecule has 0 aromatic carbocycles. The number of carbonyl (C=O) groups excluding carboxylic acids is 1. The highest BCUT2D eigenvalue weighted by atomic mass is 79.9. The predicted octanol–water partition coefficient (Wildman–Crippen LogP) is 2.48. The molecule has 0 saturated heterocycles. The van der Waals surface area contributed by atoms with Crippen molar-refractivity contribution in [2.75, 3.05) is 6.54 Å². The van der Waals surface area contributed by atoms with Gasteiger partial charge in [-0.3, -0.25) is 4.79 Å². The highest BCUT2D eigenvalue weighted by molar-refractivity contribution is 9.10. The summed E-state index contributed by atoms with van der Waals surface area (Å²) in [6.45, 7) is 2.64. The quantitative estimate of drug-likeness (QED) is 0.897. The van der Waals surface area contributed by atoms with Crippen LogP contribution in [-0.4, -0.2) is 23.0 Å². The minimum absolute atomic E-state index is 0.147. The molecule has 4 nitrogen and oxygen atoms in total. The molecule has 19 heavy (non-hydrogen) atoms. The van der Waals surface area contributed by atoms with Gasteiger partial charge in [0.2, 0.25) is 0 Å². The molecule has 0 spiro atoms. The second-order valence-electron chi connectivity index (χ2n) is 5.30. The lowest BCUT2D eigenvalue weighted by molar-refractivity contribution is 0.0807. The predicted molar refractivity (Wildman–Crippen MR) is 78.8 cm³/mol. The molecule has 2 unspecified atom stereocenters. The molecule has 104 valence electrons. The van der Waals surface area contributed by atoms with Crippen molar-refractivity contribution in [3.8, 4) is 0 Å². The number of halogens is 1. The van der Waals surface area contributed by atoms with E-state index >= 15 is 0 Å². The first-order chi connectivity index (χ1) is 9.09. The van der Waals surface area contributed by atoms with E-state index in [1.165, 1.54) is 6.42 Å². The number of nitrogens with two attached hydrogens (primary N) is 1. The van der Waals surface area contributed by atoms with E-state index in [1.54, 1.807) is 12.3 Å². The van der Waals surface area contributed by atoms with Crippen LogP contribution >= 0.6 is 15.9 Å². The lowest BCUT2D eigenvalue weighted by Gasteiger charge is -2.42. The largest absolute Gasteiger partial charge is 0.344 e. The first kappa shape index (κ1) is 14.5. The number of carbonyl (C=O) groups is 1. The molecule has 1 saturated carbocycles. The molecule has 1 aliphatic rings. The van der Waals surface area contributed by atoms with Gasteiger partial charge in [-0.25, -0.2) is 4.98 Å². The van der Waals surface area contributed by atoms with Gasteiger partial charge in [-0.1, -0.05) is 19.8 Å². The van der Waals surface area contributed by atoms with Gasteiger partial charge in [-0.15, -0.1) is 0 Å². The zero-order chi connectivity index (χ0) is 13.9. The minimum Gasteiger partial charge on any atom is -0.344 e. The van der Waals surface area contributed by atoms with E-state index in [0.717, 1.165) is 19.3 Å². The highest BCUT2D eigenvalue weighted by Gasteiger charge is 2.38. The number of hydrogen-bond donors (Lipinski definition) is 2. The standard InChI is InChI=1S/C14H20BrN3O/c1-10-5-2-3-7-14(10,9-16)18-13(19)12-11(15)6-4-8-17-12/h4,6,8,10H,2-3,5,7,9,16H2,1H3,(H,18,19). The SMILES string of the molecule is CC1CCCCC1(CN)NC(=O)c1ncccc1Br. The molecule has 1 amide bonds. The number of pyridine rings is 1.